The SMILES string of the molecule is CCc1nc(COC(=O)c2ccc(N3CCCS3(=O)=O)cc2)cs1. The highest BCUT2D eigenvalue weighted by Crippen LogP contribution is 2.24. The quantitative estimate of drug-likeness (QED) is 0.760. The van der Waals surface area contributed by atoms with Crippen molar-refractivity contribution < 1.29 is 17.9 Å². The summed E-state index contributed by atoms with van der Waals surface area (Å²) in [5.74, 6) is -0.277. The third-order valence-corrected chi connectivity index (χ3v) is 6.65. The second kappa shape index (κ2) is 6.90. The standard InChI is InChI=1S/C16H18N2O4S2/c1-2-15-17-13(11-23-15)10-22-16(19)12-4-6-14(7-5-12)18-8-3-9-24(18,20)21/h4-7,11H,2-3,8-10H2,1H3. The van der Waals surface area contributed by atoms with Crippen molar-refractivity contribution in [2.75, 3.05) is 16.6 Å². The highest BCUT2D eigenvalue weighted by atomic mass is 32.2. The number of ether oxygens (including phenoxy) is 1. The van der Waals surface area contributed by atoms with Crippen LogP contribution in [0.1, 0.15) is 34.4 Å². The number of rotatable bonds is 5. The molecule has 1 aliphatic heterocycles. The molecule has 24 heavy (non-hydrogen) atoms. The monoisotopic (exact) mass is 366 g/mol. The van der Waals surface area contributed by atoms with Gasteiger partial charge in [0, 0.05) is 11.9 Å². The molecule has 3 rings (SSSR count). The molecule has 128 valence electrons. The first-order chi connectivity index (χ1) is 11.5. The number of nitrogens with zero attached hydrogens (tertiary/aromatic N) is 2. The van der Waals surface area contributed by atoms with Gasteiger partial charge in [-0.1, -0.05) is 6.92 Å². The van der Waals surface area contributed by atoms with E-state index >= 15 is 0 Å². The van der Waals surface area contributed by atoms with Crippen molar-refractivity contribution in [3.63, 3.8) is 0 Å². The predicted molar refractivity (Wildman–Crippen MR) is 92.8 cm³/mol. The Balaban J connectivity index is 1.63. The first-order valence-corrected chi connectivity index (χ1v) is 10.2. The van der Waals surface area contributed by atoms with E-state index in [9.17, 15) is 13.2 Å². The number of carbonyl (C=O) groups excluding carboxylic acids is 1. The molecule has 0 saturated carbocycles. The minimum Gasteiger partial charge on any atom is -0.456 e. The van der Waals surface area contributed by atoms with Crippen LogP contribution >= 0.6 is 11.3 Å². The Hall–Kier alpha value is -1.93. The summed E-state index contributed by atoms with van der Waals surface area (Å²) in [7, 11) is -3.21. The van der Waals surface area contributed by atoms with Gasteiger partial charge in [0.1, 0.15) is 6.61 Å². The molecule has 2 heterocycles. The topological polar surface area (TPSA) is 76.6 Å². The highest BCUT2D eigenvalue weighted by Gasteiger charge is 2.28. The maximum Gasteiger partial charge on any atom is 0.338 e. The molecule has 0 unspecified atom stereocenters. The summed E-state index contributed by atoms with van der Waals surface area (Å²) in [6.07, 6.45) is 1.49. The number of aromatic nitrogens is 1. The molecule has 0 bridgehead atoms. The number of esters is 1. The summed E-state index contributed by atoms with van der Waals surface area (Å²) in [6, 6.07) is 6.45. The van der Waals surface area contributed by atoms with E-state index in [1.54, 1.807) is 35.6 Å². The fourth-order valence-corrected chi connectivity index (χ4v) is 4.79. The van der Waals surface area contributed by atoms with E-state index in [2.05, 4.69) is 4.98 Å². The van der Waals surface area contributed by atoms with Crippen LogP contribution in [0.2, 0.25) is 0 Å². The molecule has 1 saturated heterocycles. The highest BCUT2D eigenvalue weighted by molar-refractivity contribution is 7.93. The van der Waals surface area contributed by atoms with Crippen molar-refractivity contribution in [3.05, 3.63) is 45.9 Å². The Bertz CT molecular complexity index is 828. The fourth-order valence-electron chi connectivity index (χ4n) is 2.49. The zero-order valence-corrected chi connectivity index (χ0v) is 14.9. The van der Waals surface area contributed by atoms with Crippen LogP contribution in [0.5, 0.6) is 0 Å². The largest absolute Gasteiger partial charge is 0.456 e. The molecule has 0 N–H and O–H groups in total. The summed E-state index contributed by atoms with van der Waals surface area (Å²) in [5.41, 5.74) is 1.71. The zero-order chi connectivity index (χ0) is 17.2. The first-order valence-electron chi connectivity index (χ1n) is 7.70. The molecular formula is C16H18N2O4S2. The van der Waals surface area contributed by atoms with Crippen LogP contribution in [-0.2, 0) is 27.8 Å². The molecule has 0 amide bonds. The minimum absolute atomic E-state index is 0.136. The lowest BCUT2D eigenvalue weighted by Gasteiger charge is -2.16. The van der Waals surface area contributed by atoms with Crippen molar-refractivity contribution in [1.29, 1.82) is 0 Å². The molecule has 0 radical (unpaired) electrons. The number of anilines is 1. The summed E-state index contributed by atoms with van der Waals surface area (Å²) in [5, 5.41) is 2.89. The molecule has 1 aliphatic rings. The Morgan fingerprint density at radius 2 is 2.08 bits per heavy atom. The van der Waals surface area contributed by atoms with Crippen molar-refractivity contribution in [3.8, 4) is 0 Å². The van der Waals surface area contributed by atoms with Crippen molar-refractivity contribution >= 4 is 33.0 Å². The van der Waals surface area contributed by atoms with Crippen LogP contribution in [0.4, 0.5) is 5.69 Å². The molecule has 2 aromatic rings. The van der Waals surface area contributed by atoms with E-state index in [4.69, 9.17) is 4.74 Å². The van der Waals surface area contributed by atoms with Crippen LogP contribution < -0.4 is 4.31 Å². The van der Waals surface area contributed by atoms with Crippen molar-refractivity contribution in [1.82, 2.24) is 4.98 Å². The fraction of sp³-hybridized carbons (Fsp3) is 0.375. The van der Waals surface area contributed by atoms with Crippen LogP contribution in [0.3, 0.4) is 0 Å². The Morgan fingerprint density at radius 3 is 2.67 bits per heavy atom. The molecule has 1 aromatic heterocycles. The Morgan fingerprint density at radius 1 is 1.33 bits per heavy atom. The van der Waals surface area contributed by atoms with Gasteiger partial charge in [-0.05, 0) is 37.1 Å². The number of hydrogen-bond donors (Lipinski definition) is 0. The maximum atomic E-state index is 12.1. The van der Waals surface area contributed by atoms with Gasteiger partial charge in [0.2, 0.25) is 10.0 Å². The first kappa shape index (κ1) is 16.9. The van der Waals surface area contributed by atoms with E-state index in [0.717, 1.165) is 17.1 Å². The van der Waals surface area contributed by atoms with Crippen LogP contribution in [0, 0.1) is 0 Å². The summed E-state index contributed by atoms with van der Waals surface area (Å²) >= 11 is 1.55. The third-order valence-electron chi connectivity index (χ3n) is 3.74. The Labute approximate surface area is 145 Å². The van der Waals surface area contributed by atoms with E-state index in [1.165, 1.54) is 4.31 Å². The minimum atomic E-state index is -3.21. The van der Waals surface area contributed by atoms with Gasteiger partial charge >= 0.3 is 5.97 Å². The van der Waals surface area contributed by atoms with Gasteiger partial charge in [-0.25, -0.2) is 18.2 Å². The van der Waals surface area contributed by atoms with Gasteiger partial charge in [0.25, 0.3) is 0 Å². The zero-order valence-electron chi connectivity index (χ0n) is 13.3. The number of benzene rings is 1. The summed E-state index contributed by atoms with van der Waals surface area (Å²) < 4.78 is 30.4. The van der Waals surface area contributed by atoms with Gasteiger partial charge in [0.05, 0.1) is 27.7 Å². The third kappa shape index (κ3) is 3.59. The molecule has 0 aliphatic carbocycles. The molecule has 6 nitrogen and oxygen atoms in total. The average Bonchev–Trinajstić information content (AvgIpc) is 3.18. The van der Waals surface area contributed by atoms with Crippen molar-refractivity contribution in [2.45, 2.75) is 26.4 Å². The number of sulfonamides is 1. The van der Waals surface area contributed by atoms with Crippen LogP contribution in [0.15, 0.2) is 29.6 Å². The Kier molecular flexibility index (Phi) is 4.86. The molecule has 8 heteroatoms. The predicted octanol–water partition coefficient (Wildman–Crippen LogP) is 2.60. The maximum absolute atomic E-state index is 12.1. The van der Waals surface area contributed by atoms with E-state index < -0.39 is 16.0 Å². The smallest absolute Gasteiger partial charge is 0.338 e. The van der Waals surface area contributed by atoms with Crippen LogP contribution in [0.25, 0.3) is 0 Å². The lowest BCUT2D eigenvalue weighted by molar-refractivity contribution is 0.0468. The van der Waals surface area contributed by atoms with Gasteiger partial charge in [0.15, 0.2) is 0 Å². The van der Waals surface area contributed by atoms with Gasteiger partial charge in [-0.2, -0.15) is 0 Å². The second-order valence-electron chi connectivity index (χ2n) is 5.45. The molecule has 1 aromatic carbocycles. The molecule has 1 fully saturated rings. The lowest BCUT2D eigenvalue weighted by Crippen LogP contribution is -2.25. The second-order valence-corrected chi connectivity index (χ2v) is 8.41. The molecular weight excluding hydrogens is 348 g/mol. The van der Waals surface area contributed by atoms with Gasteiger partial charge in [-0.3, -0.25) is 4.31 Å². The van der Waals surface area contributed by atoms with E-state index in [-0.39, 0.29) is 12.4 Å². The average molecular weight is 366 g/mol. The summed E-state index contributed by atoms with van der Waals surface area (Å²) in [4.78, 5) is 16.4. The lowest BCUT2D eigenvalue weighted by atomic mass is 10.2. The van der Waals surface area contributed by atoms with Crippen LogP contribution in [-0.4, -0.2) is 31.7 Å². The van der Waals surface area contributed by atoms with E-state index in [1.807, 2.05) is 12.3 Å². The normalized spacial score (nSPS) is 16.3. The number of thiazole rings is 1. The van der Waals surface area contributed by atoms with E-state index in [0.29, 0.717) is 24.2 Å². The van der Waals surface area contributed by atoms with Gasteiger partial charge in [-0.15, -0.1) is 11.3 Å². The number of carbonyl (C=O) groups is 1. The molecule has 0 atom stereocenters. The van der Waals surface area contributed by atoms with Crippen molar-refractivity contribution in [2.24, 2.45) is 0 Å². The van der Waals surface area contributed by atoms with Gasteiger partial charge < -0.3 is 4.74 Å². The molecule has 0 spiro atoms. The summed E-state index contributed by atoms with van der Waals surface area (Å²) in [6.45, 7) is 2.64. The number of aryl methyl sites for hydroxylation is 1. The number of hydrogen-bond acceptors (Lipinski definition) is 6.